The van der Waals surface area contributed by atoms with Crippen molar-refractivity contribution in [3.05, 3.63) is 66.4 Å². The molecule has 0 atom stereocenters. The van der Waals surface area contributed by atoms with E-state index in [-0.39, 0.29) is 5.91 Å². The molecule has 140 valence electrons. The Morgan fingerprint density at radius 3 is 2.74 bits per heavy atom. The molecule has 6 heteroatoms. The van der Waals surface area contributed by atoms with Gasteiger partial charge in [-0.15, -0.1) is 0 Å². The van der Waals surface area contributed by atoms with E-state index in [1.807, 2.05) is 48.7 Å². The molecule has 1 N–H and O–H groups in total. The lowest BCUT2D eigenvalue weighted by Gasteiger charge is -2.10. The second-order valence-corrected chi connectivity index (χ2v) is 6.90. The van der Waals surface area contributed by atoms with Gasteiger partial charge in [-0.2, -0.15) is 0 Å². The molecule has 27 heavy (non-hydrogen) atoms. The zero-order chi connectivity index (χ0) is 19.1. The summed E-state index contributed by atoms with van der Waals surface area (Å²) < 4.78 is 7.34. The molecule has 0 saturated heterocycles. The highest BCUT2D eigenvalue weighted by molar-refractivity contribution is 7.99. The summed E-state index contributed by atoms with van der Waals surface area (Å²) >= 11 is 1.45. The highest BCUT2D eigenvalue weighted by Crippen LogP contribution is 2.25. The van der Waals surface area contributed by atoms with Crippen LogP contribution in [0.1, 0.15) is 12.5 Å². The minimum atomic E-state index is -0.0188. The van der Waals surface area contributed by atoms with Gasteiger partial charge in [-0.05, 0) is 30.2 Å². The minimum Gasteiger partial charge on any atom is -0.497 e. The topological polar surface area (TPSA) is 56.2 Å². The SMILES string of the molecule is CCn1c(-c2ccccc2)cnc1SCC(=O)NCc1cccc(OC)c1. The van der Waals surface area contributed by atoms with Crippen LogP contribution in [-0.2, 0) is 17.9 Å². The Labute approximate surface area is 163 Å². The summed E-state index contributed by atoms with van der Waals surface area (Å²) in [6, 6.07) is 17.8. The third-order valence-corrected chi connectivity index (χ3v) is 5.15. The predicted molar refractivity (Wildman–Crippen MR) is 109 cm³/mol. The van der Waals surface area contributed by atoms with Gasteiger partial charge >= 0.3 is 0 Å². The van der Waals surface area contributed by atoms with Crippen LogP contribution in [0.5, 0.6) is 5.75 Å². The van der Waals surface area contributed by atoms with Crippen molar-refractivity contribution >= 4 is 17.7 Å². The summed E-state index contributed by atoms with van der Waals surface area (Å²) in [5.41, 5.74) is 3.20. The van der Waals surface area contributed by atoms with Gasteiger partial charge in [-0.25, -0.2) is 4.98 Å². The number of carbonyl (C=O) groups excluding carboxylic acids is 1. The number of benzene rings is 2. The number of carbonyl (C=O) groups is 1. The van der Waals surface area contributed by atoms with Crippen molar-refractivity contribution in [3.63, 3.8) is 0 Å². The van der Waals surface area contributed by atoms with E-state index in [4.69, 9.17) is 4.74 Å². The normalized spacial score (nSPS) is 10.6. The number of nitrogens with one attached hydrogen (secondary N) is 1. The van der Waals surface area contributed by atoms with E-state index >= 15 is 0 Å². The van der Waals surface area contributed by atoms with E-state index < -0.39 is 0 Å². The van der Waals surface area contributed by atoms with Crippen LogP contribution in [0.15, 0.2) is 66.0 Å². The monoisotopic (exact) mass is 381 g/mol. The average Bonchev–Trinajstić information content (AvgIpc) is 3.14. The van der Waals surface area contributed by atoms with Crippen LogP contribution >= 0.6 is 11.8 Å². The number of methoxy groups -OCH3 is 1. The first kappa shape index (κ1) is 19.0. The smallest absolute Gasteiger partial charge is 0.230 e. The van der Waals surface area contributed by atoms with Crippen molar-refractivity contribution in [3.8, 4) is 17.0 Å². The summed E-state index contributed by atoms with van der Waals surface area (Å²) in [5.74, 6) is 1.10. The third kappa shape index (κ3) is 4.92. The highest BCUT2D eigenvalue weighted by Gasteiger charge is 2.12. The Morgan fingerprint density at radius 2 is 2.00 bits per heavy atom. The lowest BCUT2D eigenvalue weighted by Crippen LogP contribution is -2.24. The molecule has 0 radical (unpaired) electrons. The highest BCUT2D eigenvalue weighted by atomic mass is 32.2. The standard InChI is InChI=1S/C21H23N3O2S/c1-3-24-19(17-9-5-4-6-10-17)14-23-21(24)27-15-20(25)22-13-16-8-7-11-18(12-16)26-2/h4-12,14H,3,13,15H2,1-2H3,(H,22,25). The molecule has 3 rings (SSSR count). The van der Waals surface area contributed by atoms with Crippen molar-refractivity contribution in [2.75, 3.05) is 12.9 Å². The largest absolute Gasteiger partial charge is 0.497 e. The number of imidazole rings is 1. The fourth-order valence-electron chi connectivity index (χ4n) is 2.78. The molecular weight excluding hydrogens is 358 g/mol. The Balaban J connectivity index is 1.58. The van der Waals surface area contributed by atoms with Gasteiger partial charge in [-0.1, -0.05) is 54.2 Å². The van der Waals surface area contributed by atoms with E-state index in [2.05, 4.69) is 33.9 Å². The van der Waals surface area contributed by atoms with Gasteiger partial charge in [0.2, 0.25) is 5.91 Å². The zero-order valence-corrected chi connectivity index (χ0v) is 16.3. The van der Waals surface area contributed by atoms with Crippen LogP contribution in [0.3, 0.4) is 0 Å². The van der Waals surface area contributed by atoms with Crippen LogP contribution < -0.4 is 10.1 Å². The van der Waals surface area contributed by atoms with Gasteiger partial charge in [0.05, 0.1) is 24.8 Å². The summed E-state index contributed by atoms with van der Waals surface area (Å²) in [7, 11) is 1.63. The summed E-state index contributed by atoms with van der Waals surface area (Å²) in [6.45, 7) is 3.37. The molecule has 1 aromatic heterocycles. The maximum atomic E-state index is 12.2. The van der Waals surface area contributed by atoms with E-state index in [9.17, 15) is 4.79 Å². The van der Waals surface area contributed by atoms with Crippen LogP contribution in [-0.4, -0.2) is 28.3 Å². The van der Waals surface area contributed by atoms with Crippen LogP contribution in [0.25, 0.3) is 11.3 Å². The third-order valence-electron chi connectivity index (χ3n) is 4.16. The predicted octanol–water partition coefficient (Wildman–Crippen LogP) is 3.99. The number of ether oxygens (including phenoxy) is 1. The van der Waals surface area contributed by atoms with Gasteiger partial charge in [0.15, 0.2) is 5.16 Å². The number of thioether (sulfide) groups is 1. The molecule has 0 spiro atoms. The second kappa shape index (κ2) is 9.28. The Kier molecular flexibility index (Phi) is 6.54. The van der Waals surface area contributed by atoms with Crippen molar-refractivity contribution in [2.24, 2.45) is 0 Å². The first-order valence-corrected chi connectivity index (χ1v) is 9.83. The van der Waals surface area contributed by atoms with E-state index in [0.29, 0.717) is 12.3 Å². The van der Waals surface area contributed by atoms with E-state index in [0.717, 1.165) is 34.3 Å². The molecule has 0 bridgehead atoms. The van der Waals surface area contributed by atoms with Gasteiger partial charge < -0.3 is 14.6 Å². The summed E-state index contributed by atoms with van der Waals surface area (Å²) in [6.07, 6.45) is 1.87. The molecule has 2 aromatic carbocycles. The molecule has 1 heterocycles. The molecule has 5 nitrogen and oxygen atoms in total. The number of amides is 1. The molecule has 0 aliphatic heterocycles. The summed E-state index contributed by atoms with van der Waals surface area (Å²) in [4.78, 5) is 16.7. The first-order valence-electron chi connectivity index (χ1n) is 8.84. The molecule has 0 unspecified atom stereocenters. The number of aromatic nitrogens is 2. The van der Waals surface area contributed by atoms with Gasteiger partial charge in [0.25, 0.3) is 0 Å². The van der Waals surface area contributed by atoms with Gasteiger partial charge in [-0.3, -0.25) is 4.79 Å². The van der Waals surface area contributed by atoms with Crippen molar-refractivity contribution in [1.29, 1.82) is 0 Å². The number of rotatable bonds is 8. The van der Waals surface area contributed by atoms with Crippen LogP contribution in [0, 0.1) is 0 Å². The molecule has 3 aromatic rings. The van der Waals surface area contributed by atoms with Crippen LogP contribution in [0.4, 0.5) is 0 Å². The average molecular weight is 382 g/mol. The quantitative estimate of drug-likeness (QED) is 0.600. The maximum absolute atomic E-state index is 12.2. The fourth-order valence-corrected chi connectivity index (χ4v) is 3.66. The summed E-state index contributed by atoms with van der Waals surface area (Å²) in [5, 5.41) is 3.80. The lowest BCUT2D eigenvalue weighted by molar-refractivity contribution is -0.118. The van der Waals surface area contributed by atoms with Gasteiger partial charge in [0, 0.05) is 13.1 Å². The van der Waals surface area contributed by atoms with E-state index in [1.54, 1.807) is 7.11 Å². The van der Waals surface area contributed by atoms with Crippen LogP contribution in [0.2, 0.25) is 0 Å². The van der Waals surface area contributed by atoms with Crippen molar-refractivity contribution in [1.82, 2.24) is 14.9 Å². The number of hydrogen-bond acceptors (Lipinski definition) is 4. The van der Waals surface area contributed by atoms with Crippen molar-refractivity contribution in [2.45, 2.75) is 25.2 Å². The molecule has 0 saturated carbocycles. The number of nitrogens with zero attached hydrogens (tertiary/aromatic N) is 2. The van der Waals surface area contributed by atoms with Gasteiger partial charge in [0.1, 0.15) is 5.75 Å². The van der Waals surface area contributed by atoms with Crippen molar-refractivity contribution < 1.29 is 9.53 Å². The molecule has 1 amide bonds. The molecule has 0 aliphatic carbocycles. The Hall–Kier alpha value is -2.73. The maximum Gasteiger partial charge on any atom is 0.230 e. The number of hydrogen-bond donors (Lipinski definition) is 1. The lowest BCUT2D eigenvalue weighted by atomic mass is 10.2. The molecule has 0 aliphatic rings. The molecule has 0 fully saturated rings. The fraction of sp³-hybridized carbons (Fsp3) is 0.238. The second-order valence-electron chi connectivity index (χ2n) is 5.95. The Morgan fingerprint density at radius 1 is 1.19 bits per heavy atom. The van der Waals surface area contributed by atoms with E-state index in [1.165, 1.54) is 11.8 Å². The first-order chi connectivity index (χ1) is 13.2. The zero-order valence-electron chi connectivity index (χ0n) is 15.5. The minimum absolute atomic E-state index is 0.0188. The Bertz CT molecular complexity index is 893. The molecular formula is C21H23N3O2S.